The van der Waals surface area contributed by atoms with E-state index in [1.807, 2.05) is 19.1 Å². The number of benzene rings is 1. The first-order valence-electron chi connectivity index (χ1n) is 4.12. The Balaban J connectivity index is 3.05. The third kappa shape index (κ3) is 2.57. The van der Waals surface area contributed by atoms with Crippen molar-refractivity contribution in [2.45, 2.75) is 6.92 Å². The Labute approximate surface area is 87.2 Å². The van der Waals surface area contributed by atoms with Gasteiger partial charge in [0, 0.05) is 18.0 Å². The summed E-state index contributed by atoms with van der Waals surface area (Å²) >= 11 is 5.54. The summed E-state index contributed by atoms with van der Waals surface area (Å²) in [5, 5.41) is 10.5. The lowest BCUT2D eigenvalue weighted by molar-refractivity contribution is -0.384. The molecule has 1 aromatic carbocycles. The Bertz CT molecular complexity index is 374. The molecular weight excluding hydrogens is 202 g/mol. The van der Waals surface area contributed by atoms with Gasteiger partial charge in [-0.25, -0.2) is 0 Å². The van der Waals surface area contributed by atoms with Crippen LogP contribution in [0, 0.1) is 10.1 Å². The molecule has 74 valence electrons. The minimum absolute atomic E-state index is 0.102. The lowest BCUT2D eigenvalue weighted by atomic mass is 10.1. The van der Waals surface area contributed by atoms with Crippen LogP contribution in [0.25, 0.3) is 5.57 Å². The van der Waals surface area contributed by atoms with E-state index in [9.17, 15) is 10.1 Å². The summed E-state index contributed by atoms with van der Waals surface area (Å²) in [4.78, 5) is 10.1. The second-order valence-corrected chi connectivity index (χ2v) is 3.16. The van der Waals surface area contributed by atoms with E-state index in [1.165, 1.54) is 6.07 Å². The number of alkyl halides is 1. The van der Waals surface area contributed by atoms with Crippen molar-refractivity contribution in [2.75, 3.05) is 5.88 Å². The molecule has 0 bridgehead atoms. The molecule has 3 nitrogen and oxygen atoms in total. The third-order valence-corrected chi connectivity index (χ3v) is 2.05. The van der Waals surface area contributed by atoms with Gasteiger partial charge in [-0.2, -0.15) is 0 Å². The number of nitrogens with zero attached hydrogens (tertiary/aromatic N) is 1. The number of nitro benzene ring substituents is 1. The Morgan fingerprint density at radius 3 is 2.93 bits per heavy atom. The maximum atomic E-state index is 10.5. The molecule has 0 saturated carbocycles. The number of allylic oxidation sites excluding steroid dienone is 2. The molecule has 0 fully saturated rings. The van der Waals surface area contributed by atoms with Crippen molar-refractivity contribution in [3.63, 3.8) is 0 Å². The fourth-order valence-electron chi connectivity index (χ4n) is 1.10. The van der Waals surface area contributed by atoms with Crippen LogP contribution in [0.4, 0.5) is 5.69 Å². The molecular formula is C10H10ClNO2. The molecule has 0 radical (unpaired) electrons. The largest absolute Gasteiger partial charge is 0.270 e. The fraction of sp³-hybridized carbons (Fsp3) is 0.200. The van der Waals surface area contributed by atoms with Gasteiger partial charge in [0.25, 0.3) is 5.69 Å². The normalized spacial score (nSPS) is 11.4. The van der Waals surface area contributed by atoms with Gasteiger partial charge in [-0.1, -0.05) is 18.2 Å². The lowest BCUT2D eigenvalue weighted by Crippen LogP contribution is -1.89. The van der Waals surface area contributed by atoms with Crippen molar-refractivity contribution in [2.24, 2.45) is 0 Å². The zero-order chi connectivity index (χ0) is 10.6. The molecule has 0 atom stereocenters. The van der Waals surface area contributed by atoms with Crippen molar-refractivity contribution in [1.82, 2.24) is 0 Å². The second kappa shape index (κ2) is 4.77. The maximum absolute atomic E-state index is 10.5. The highest BCUT2D eigenvalue weighted by Crippen LogP contribution is 2.19. The third-order valence-electron chi connectivity index (χ3n) is 1.90. The molecule has 1 rings (SSSR count). The van der Waals surface area contributed by atoms with Crippen molar-refractivity contribution in [3.8, 4) is 0 Å². The van der Waals surface area contributed by atoms with Crippen LogP contribution in [0.2, 0.25) is 0 Å². The van der Waals surface area contributed by atoms with Crippen LogP contribution in [0.3, 0.4) is 0 Å². The van der Waals surface area contributed by atoms with Gasteiger partial charge < -0.3 is 0 Å². The molecule has 1 aromatic rings. The van der Waals surface area contributed by atoms with E-state index < -0.39 is 4.92 Å². The summed E-state index contributed by atoms with van der Waals surface area (Å²) in [5.74, 6) is 0.411. The average Bonchev–Trinajstić information content (AvgIpc) is 2.18. The second-order valence-electron chi connectivity index (χ2n) is 2.85. The molecule has 0 aliphatic carbocycles. The number of rotatable bonds is 3. The summed E-state index contributed by atoms with van der Waals surface area (Å²) in [6.07, 6.45) is 1.82. The van der Waals surface area contributed by atoms with Gasteiger partial charge in [-0.05, 0) is 18.1 Å². The van der Waals surface area contributed by atoms with E-state index in [4.69, 9.17) is 11.6 Å². The first-order chi connectivity index (χ1) is 6.65. The zero-order valence-electron chi connectivity index (χ0n) is 7.74. The van der Waals surface area contributed by atoms with E-state index in [0.29, 0.717) is 5.88 Å². The van der Waals surface area contributed by atoms with Crippen molar-refractivity contribution >= 4 is 22.9 Å². The van der Waals surface area contributed by atoms with E-state index in [2.05, 4.69) is 0 Å². The number of hydrogen-bond acceptors (Lipinski definition) is 2. The van der Waals surface area contributed by atoms with Crippen LogP contribution in [-0.4, -0.2) is 10.8 Å². The van der Waals surface area contributed by atoms with Crippen molar-refractivity contribution in [3.05, 3.63) is 46.0 Å². The smallest absolute Gasteiger partial charge is 0.258 e. The van der Waals surface area contributed by atoms with Crippen LogP contribution in [0.1, 0.15) is 12.5 Å². The van der Waals surface area contributed by atoms with Gasteiger partial charge in [-0.3, -0.25) is 10.1 Å². The molecule has 0 saturated heterocycles. The van der Waals surface area contributed by atoms with Crippen LogP contribution < -0.4 is 0 Å². The van der Waals surface area contributed by atoms with E-state index in [-0.39, 0.29) is 5.69 Å². The van der Waals surface area contributed by atoms with Gasteiger partial charge in [0.15, 0.2) is 0 Å². The van der Waals surface area contributed by atoms with E-state index in [0.717, 1.165) is 11.1 Å². The maximum Gasteiger partial charge on any atom is 0.270 e. The number of non-ortho nitro benzene ring substituents is 1. The lowest BCUT2D eigenvalue weighted by Gasteiger charge is -2.00. The predicted octanol–water partition coefficient (Wildman–Crippen LogP) is 3.24. The molecule has 0 spiro atoms. The van der Waals surface area contributed by atoms with Gasteiger partial charge in [-0.15, -0.1) is 11.6 Å². The van der Waals surface area contributed by atoms with Gasteiger partial charge in [0.1, 0.15) is 0 Å². The molecule has 0 heterocycles. The summed E-state index contributed by atoms with van der Waals surface area (Å²) in [6, 6.07) is 6.50. The molecule has 0 aliphatic rings. The van der Waals surface area contributed by atoms with E-state index in [1.54, 1.807) is 12.1 Å². The summed E-state index contributed by atoms with van der Waals surface area (Å²) < 4.78 is 0. The Kier molecular flexibility index (Phi) is 3.65. The summed E-state index contributed by atoms with van der Waals surface area (Å²) in [6.45, 7) is 1.88. The van der Waals surface area contributed by atoms with E-state index >= 15 is 0 Å². The standard InChI is InChI=1S/C10H10ClNO2/c1-8(5-6-11)9-3-2-4-10(7-9)12(13)14/h2-5,7H,6H2,1H3/b8-5-. The number of hydrogen-bond donors (Lipinski definition) is 0. The topological polar surface area (TPSA) is 43.1 Å². The first kappa shape index (κ1) is 10.7. The predicted molar refractivity (Wildman–Crippen MR) is 57.5 cm³/mol. The van der Waals surface area contributed by atoms with Crippen LogP contribution in [-0.2, 0) is 0 Å². The minimum atomic E-state index is -0.405. The van der Waals surface area contributed by atoms with Gasteiger partial charge in [0.05, 0.1) is 4.92 Å². The van der Waals surface area contributed by atoms with Crippen LogP contribution in [0.15, 0.2) is 30.3 Å². The number of halogens is 1. The minimum Gasteiger partial charge on any atom is -0.258 e. The van der Waals surface area contributed by atoms with Gasteiger partial charge in [0.2, 0.25) is 0 Å². The molecule has 0 unspecified atom stereocenters. The van der Waals surface area contributed by atoms with Crippen molar-refractivity contribution < 1.29 is 4.92 Å². The molecule has 4 heteroatoms. The number of nitro groups is 1. The average molecular weight is 212 g/mol. The molecule has 0 aliphatic heterocycles. The Hall–Kier alpha value is -1.35. The highest BCUT2D eigenvalue weighted by atomic mass is 35.5. The molecule has 0 N–H and O–H groups in total. The van der Waals surface area contributed by atoms with Crippen molar-refractivity contribution in [1.29, 1.82) is 0 Å². The monoisotopic (exact) mass is 211 g/mol. The Morgan fingerprint density at radius 2 is 2.36 bits per heavy atom. The SMILES string of the molecule is C/C(=C/CCl)c1cccc([N+](=O)[O-])c1. The highest BCUT2D eigenvalue weighted by molar-refractivity contribution is 6.19. The molecule has 0 aromatic heterocycles. The van der Waals surface area contributed by atoms with Gasteiger partial charge >= 0.3 is 0 Å². The fourth-order valence-corrected chi connectivity index (χ4v) is 1.33. The van der Waals surface area contributed by atoms with Crippen LogP contribution in [0.5, 0.6) is 0 Å². The highest BCUT2D eigenvalue weighted by Gasteiger charge is 2.05. The summed E-state index contributed by atoms with van der Waals surface area (Å²) in [7, 11) is 0. The zero-order valence-corrected chi connectivity index (χ0v) is 8.49. The Morgan fingerprint density at radius 1 is 1.64 bits per heavy atom. The quantitative estimate of drug-likeness (QED) is 0.438. The first-order valence-corrected chi connectivity index (χ1v) is 4.66. The summed E-state index contributed by atoms with van der Waals surface area (Å²) in [5.41, 5.74) is 1.88. The van der Waals surface area contributed by atoms with Crippen LogP contribution >= 0.6 is 11.6 Å². The molecule has 0 amide bonds. The molecule has 14 heavy (non-hydrogen) atoms.